The average Bonchev–Trinajstić information content (AvgIpc) is 3.67. The third-order valence-electron chi connectivity index (χ3n) is 13.6. The average molecular weight is 1110 g/mol. The number of carbonyl (C=O) groups is 2. The first-order valence-corrected chi connectivity index (χ1v) is 23.3. The molecule has 0 aromatic rings. The van der Waals surface area contributed by atoms with Crippen molar-refractivity contribution in [2.75, 3.05) is 46.2 Å². The summed E-state index contributed by atoms with van der Waals surface area (Å²) in [7, 11) is 0. The second kappa shape index (κ2) is 26.3. The van der Waals surface area contributed by atoms with E-state index in [2.05, 4.69) is 5.32 Å². The number of amides is 1. The van der Waals surface area contributed by atoms with E-state index in [1.807, 2.05) is 0 Å². The first-order chi connectivity index (χ1) is 35.4. The van der Waals surface area contributed by atoms with Crippen LogP contribution in [0.5, 0.6) is 0 Å². The number of rotatable bonds is 21. The molecule has 22 N–H and O–H groups in total. The molecule has 75 heavy (non-hydrogen) atoms. The number of carboxylic acid groups (broad SMARTS) is 1. The molecule has 0 aromatic heterocycles. The number of aliphatic carboxylic acids is 1. The lowest BCUT2D eigenvalue weighted by Gasteiger charge is -2.52. The van der Waals surface area contributed by atoms with Crippen LogP contribution in [0.25, 0.3) is 0 Å². The quantitative estimate of drug-likeness (QED) is 0.0507. The van der Waals surface area contributed by atoms with Crippen LogP contribution in [0.3, 0.4) is 0 Å². The maximum absolute atomic E-state index is 13.8. The fourth-order valence-electron chi connectivity index (χ4n) is 9.27. The van der Waals surface area contributed by atoms with Crippen LogP contribution in [0.1, 0.15) is 6.42 Å². The van der Waals surface area contributed by atoms with Crippen LogP contribution in [0, 0.1) is 0 Å². The Balaban J connectivity index is 1.39. The molecule has 1 amide bonds. The summed E-state index contributed by atoms with van der Waals surface area (Å²) in [5, 5.41) is 225. The van der Waals surface area contributed by atoms with Crippen molar-refractivity contribution < 1.29 is 169 Å². The molecule has 6 rings (SSSR count). The molecule has 6 heterocycles. The van der Waals surface area contributed by atoms with Crippen molar-refractivity contribution in [3.05, 3.63) is 0 Å². The Morgan fingerprint density at radius 2 is 1.05 bits per heavy atom. The van der Waals surface area contributed by atoms with Crippen molar-refractivity contribution in [2.45, 2.75) is 190 Å². The Hall–Kier alpha value is -2.30. The van der Waals surface area contributed by atoms with E-state index >= 15 is 0 Å². The minimum absolute atomic E-state index is 0.776. The highest BCUT2D eigenvalue weighted by molar-refractivity contribution is 5.78. The van der Waals surface area contributed by atoms with Crippen molar-refractivity contribution in [1.29, 1.82) is 0 Å². The standard InChI is InChI=1S/C40H67NO34/c42-2-10-18(49)23(54)28(59)37(69-10)70-12(4-44)21(52)32-17(41-16(48)7-47)9(67-36-29(60)24(55)20(51)15(72-36)8-65-35-27(58)19(50)11(3-43)68-35)1-40(74-32,39(63)64)75-33-22(53)13(5-45)71-38(30(33)61)73-31-14(6-46)66-34(62)26(57)25(31)56/h9-15,17-38,42-47,49-62H,1-8H2,(H,41,48)(H,63,64)/t9-,10+,11+,12+,13+,14+,15+,17+,18-,19+,20-,21+,22-,23-,24-,25+,26+,27-,28+,29+,30+,31+,32+,33-,34+,35+,36+,37-,38-,40-/m0/s1. The number of nitrogens with one attached hydrogen (secondary N) is 1. The first-order valence-electron chi connectivity index (χ1n) is 23.3. The third-order valence-corrected chi connectivity index (χ3v) is 13.6. The Kier molecular flexibility index (Phi) is 21.7. The van der Waals surface area contributed by atoms with Gasteiger partial charge in [-0.1, -0.05) is 0 Å². The lowest BCUT2D eigenvalue weighted by atomic mass is 9.87. The number of carboxylic acids is 1. The number of ether oxygens (including phenoxy) is 11. The second-order valence-electron chi connectivity index (χ2n) is 18.5. The summed E-state index contributed by atoms with van der Waals surface area (Å²) in [5.41, 5.74) is 0. The van der Waals surface area contributed by atoms with Gasteiger partial charge in [0.25, 0.3) is 5.79 Å². The Morgan fingerprint density at radius 3 is 1.63 bits per heavy atom. The minimum Gasteiger partial charge on any atom is -0.477 e. The summed E-state index contributed by atoms with van der Waals surface area (Å²) < 4.78 is 61.2. The molecule has 0 bridgehead atoms. The Labute approximate surface area is 422 Å². The summed E-state index contributed by atoms with van der Waals surface area (Å²) in [5.74, 6) is -7.15. The van der Waals surface area contributed by atoms with Crippen molar-refractivity contribution in [3.63, 3.8) is 0 Å². The van der Waals surface area contributed by atoms with Gasteiger partial charge in [0.05, 0.1) is 51.8 Å². The maximum Gasteiger partial charge on any atom is 0.364 e. The predicted molar refractivity (Wildman–Crippen MR) is 223 cm³/mol. The summed E-state index contributed by atoms with van der Waals surface area (Å²) in [4.78, 5) is 26.9. The molecule has 6 fully saturated rings. The van der Waals surface area contributed by atoms with Gasteiger partial charge in [0.15, 0.2) is 31.5 Å². The number of aliphatic hydroxyl groups excluding tert-OH is 20. The summed E-state index contributed by atoms with van der Waals surface area (Å²) in [6, 6.07) is -2.13. The van der Waals surface area contributed by atoms with Gasteiger partial charge in [-0.25, -0.2) is 4.79 Å². The van der Waals surface area contributed by atoms with E-state index in [9.17, 15) is 117 Å². The highest BCUT2D eigenvalue weighted by Crippen LogP contribution is 2.41. The molecule has 0 saturated carbocycles. The molecule has 6 aliphatic rings. The van der Waals surface area contributed by atoms with Gasteiger partial charge in [-0.3, -0.25) is 4.79 Å². The van der Waals surface area contributed by atoms with E-state index in [0.29, 0.717) is 0 Å². The summed E-state index contributed by atoms with van der Waals surface area (Å²) in [6.07, 6.45) is -59.6. The molecule has 35 nitrogen and oxygen atoms in total. The van der Waals surface area contributed by atoms with Gasteiger partial charge >= 0.3 is 5.97 Å². The van der Waals surface area contributed by atoms with Crippen molar-refractivity contribution in [3.8, 4) is 0 Å². The van der Waals surface area contributed by atoms with Gasteiger partial charge in [-0.05, 0) is 0 Å². The lowest BCUT2D eigenvalue weighted by molar-refractivity contribution is -0.393. The Morgan fingerprint density at radius 1 is 0.547 bits per heavy atom. The van der Waals surface area contributed by atoms with Crippen LogP contribution in [0.15, 0.2) is 0 Å². The number of aliphatic hydroxyl groups is 20. The van der Waals surface area contributed by atoms with E-state index in [1.165, 1.54) is 0 Å². The summed E-state index contributed by atoms with van der Waals surface area (Å²) >= 11 is 0. The van der Waals surface area contributed by atoms with Crippen molar-refractivity contribution >= 4 is 11.9 Å². The van der Waals surface area contributed by atoms with Crippen LogP contribution in [-0.4, -0.2) is 349 Å². The molecule has 0 aliphatic carbocycles. The van der Waals surface area contributed by atoms with E-state index in [0.717, 1.165) is 0 Å². The fraction of sp³-hybridized carbons (Fsp3) is 0.950. The number of hydrogen-bond donors (Lipinski definition) is 22. The maximum atomic E-state index is 13.8. The summed E-state index contributed by atoms with van der Waals surface area (Å²) in [6.45, 7) is -7.58. The van der Waals surface area contributed by atoms with Gasteiger partial charge in [0.2, 0.25) is 5.91 Å². The zero-order chi connectivity index (χ0) is 55.5. The molecule has 0 radical (unpaired) electrons. The van der Waals surface area contributed by atoms with E-state index in [4.69, 9.17) is 52.1 Å². The molecular formula is C40H67NO34. The molecular weight excluding hydrogens is 1040 g/mol. The zero-order valence-corrected chi connectivity index (χ0v) is 39.1. The molecule has 35 heteroatoms. The van der Waals surface area contributed by atoms with Gasteiger partial charge in [-0.2, -0.15) is 0 Å². The van der Waals surface area contributed by atoms with Crippen LogP contribution >= 0.6 is 0 Å². The minimum atomic E-state index is -3.53. The van der Waals surface area contributed by atoms with Crippen LogP contribution in [-0.2, 0) is 61.7 Å². The molecule has 6 aliphatic heterocycles. The van der Waals surface area contributed by atoms with Gasteiger partial charge in [0, 0.05) is 6.42 Å². The predicted octanol–water partition coefficient (Wildman–Crippen LogP) is -15.1. The monoisotopic (exact) mass is 1110 g/mol. The largest absolute Gasteiger partial charge is 0.477 e. The molecule has 6 saturated heterocycles. The highest BCUT2D eigenvalue weighted by Gasteiger charge is 2.62. The van der Waals surface area contributed by atoms with Crippen LogP contribution in [0.2, 0.25) is 0 Å². The van der Waals surface area contributed by atoms with E-state index in [1.54, 1.807) is 0 Å². The van der Waals surface area contributed by atoms with Gasteiger partial charge < -0.3 is 165 Å². The molecule has 0 spiro atoms. The van der Waals surface area contributed by atoms with E-state index < -0.39 is 248 Å². The highest BCUT2D eigenvalue weighted by atomic mass is 16.8. The number of hydrogen-bond acceptors (Lipinski definition) is 33. The normalized spacial score (nSPS) is 48.5. The second-order valence-corrected chi connectivity index (χ2v) is 18.5. The van der Waals surface area contributed by atoms with E-state index in [-0.39, 0.29) is 0 Å². The number of carbonyl (C=O) groups excluding carboxylic acids is 1. The molecule has 0 aromatic carbocycles. The van der Waals surface area contributed by atoms with Crippen molar-refractivity contribution in [1.82, 2.24) is 5.32 Å². The van der Waals surface area contributed by atoms with Gasteiger partial charge in [0.1, 0.15) is 141 Å². The lowest BCUT2D eigenvalue weighted by Crippen LogP contribution is -2.72. The molecule has 436 valence electrons. The molecule has 0 unspecified atom stereocenters. The van der Waals surface area contributed by atoms with Crippen molar-refractivity contribution in [2.24, 2.45) is 0 Å². The smallest absolute Gasteiger partial charge is 0.364 e. The van der Waals surface area contributed by atoms with Crippen LogP contribution < -0.4 is 5.32 Å². The third kappa shape index (κ3) is 13.0. The first kappa shape index (κ1) is 61.9. The van der Waals surface area contributed by atoms with Gasteiger partial charge in [-0.15, -0.1) is 0 Å². The topological polar surface area (TPSA) is 573 Å². The fourth-order valence-corrected chi connectivity index (χ4v) is 9.27. The Bertz CT molecular complexity index is 1810. The molecule has 30 atom stereocenters. The SMILES string of the molecule is O=C(CO)N[C@H]1[C@H]([C@H](O)[C@@H](CO)O[C@@H]2O[C@H](CO)[C@H](O)[C@H](O)[C@H]2O)O[C@@](O[C@H]2[C@@H](O)[C@@H](CO)O[C@@H](O[C@H]3[C@H](O)[C@@H](O)[C@H](O)O[C@@H]3CO)[C@@H]2O)(C(=O)O)C[C@@H]1O[C@@H]1O[C@H](CO[C@@H]2O[C@H](CO)[C@@H](O)[C@@H]2O)[C@H](O)[C@H](O)[C@H]1O. The van der Waals surface area contributed by atoms with Crippen LogP contribution in [0.4, 0.5) is 0 Å². The zero-order valence-electron chi connectivity index (χ0n) is 39.1.